The number of pyridine rings is 1. The van der Waals surface area contributed by atoms with Crippen LogP contribution in [0.4, 0.5) is 13.2 Å². The van der Waals surface area contributed by atoms with E-state index in [1.165, 1.54) is 18.3 Å². The first-order valence-corrected chi connectivity index (χ1v) is 9.65. The highest BCUT2D eigenvalue weighted by Gasteiger charge is 2.34. The molecule has 0 amide bonds. The number of carbonyl (C=O) groups is 1. The standard InChI is InChI=1S/C26H16F3NO2/c1-2-14-32-19-11-6-10-18(15-19)23-20-12-7-13-22(26(27,28)29)24(20)30-16-21(23)25(31)17-8-4-3-5-9-17/h1,3-13,15-16H,14H2. The molecule has 4 rings (SSSR count). The van der Waals surface area contributed by atoms with Gasteiger partial charge in [0.25, 0.3) is 0 Å². The van der Waals surface area contributed by atoms with E-state index in [2.05, 4.69) is 10.9 Å². The molecule has 158 valence electrons. The fourth-order valence-electron chi connectivity index (χ4n) is 3.55. The van der Waals surface area contributed by atoms with Crippen molar-refractivity contribution in [2.24, 2.45) is 0 Å². The van der Waals surface area contributed by atoms with E-state index in [-0.39, 0.29) is 28.9 Å². The number of fused-ring (bicyclic) bond motifs is 1. The SMILES string of the molecule is C#CCOc1cccc(-c2c(C(=O)c3ccccc3)cnc3c(C(F)(F)F)cccc23)c1. The number of carbonyl (C=O) groups excluding carboxylic acids is 1. The number of nitrogens with zero attached hydrogens (tertiary/aromatic N) is 1. The molecule has 0 atom stereocenters. The molecule has 3 nitrogen and oxygen atoms in total. The van der Waals surface area contributed by atoms with Crippen LogP contribution in [0.3, 0.4) is 0 Å². The zero-order chi connectivity index (χ0) is 22.7. The number of ether oxygens (including phenoxy) is 1. The molecule has 0 saturated heterocycles. The molecule has 0 spiro atoms. The molecule has 0 N–H and O–H groups in total. The Morgan fingerprint density at radius 1 is 1.00 bits per heavy atom. The van der Waals surface area contributed by atoms with Gasteiger partial charge in [-0.2, -0.15) is 13.2 Å². The number of halogens is 3. The third-order valence-corrected chi connectivity index (χ3v) is 4.93. The maximum Gasteiger partial charge on any atom is 0.418 e. The largest absolute Gasteiger partial charge is 0.481 e. The van der Waals surface area contributed by atoms with E-state index in [0.29, 0.717) is 22.4 Å². The fraction of sp³-hybridized carbons (Fsp3) is 0.0769. The molecule has 3 aromatic carbocycles. The van der Waals surface area contributed by atoms with Gasteiger partial charge in [0.2, 0.25) is 0 Å². The molecule has 32 heavy (non-hydrogen) atoms. The minimum absolute atomic E-state index is 0.0363. The summed E-state index contributed by atoms with van der Waals surface area (Å²) in [4.78, 5) is 17.4. The van der Waals surface area contributed by atoms with Gasteiger partial charge in [-0.25, -0.2) is 0 Å². The van der Waals surface area contributed by atoms with Crippen LogP contribution in [0.25, 0.3) is 22.0 Å². The Morgan fingerprint density at radius 2 is 1.75 bits per heavy atom. The minimum atomic E-state index is -4.59. The van der Waals surface area contributed by atoms with E-state index < -0.39 is 11.7 Å². The molecular weight excluding hydrogens is 415 g/mol. The number of ketones is 1. The third-order valence-electron chi connectivity index (χ3n) is 4.93. The van der Waals surface area contributed by atoms with Gasteiger partial charge in [0.05, 0.1) is 11.1 Å². The normalized spacial score (nSPS) is 11.2. The Kier molecular flexibility index (Phi) is 5.65. The maximum absolute atomic E-state index is 13.6. The second kappa shape index (κ2) is 8.56. The lowest BCUT2D eigenvalue weighted by Crippen LogP contribution is -2.09. The van der Waals surface area contributed by atoms with Gasteiger partial charge in [0.1, 0.15) is 12.4 Å². The van der Waals surface area contributed by atoms with Crippen LogP contribution >= 0.6 is 0 Å². The molecule has 0 fully saturated rings. The van der Waals surface area contributed by atoms with Crippen LogP contribution in [0.1, 0.15) is 21.5 Å². The van der Waals surface area contributed by atoms with Crippen molar-refractivity contribution in [2.45, 2.75) is 6.18 Å². The predicted molar refractivity (Wildman–Crippen MR) is 116 cm³/mol. The zero-order valence-corrected chi connectivity index (χ0v) is 16.7. The van der Waals surface area contributed by atoms with Crippen molar-refractivity contribution < 1.29 is 22.7 Å². The summed E-state index contributed by atoms with van der Waals surface area (Å²) in [6.45, 7) is 0.0363. The van der Waals surface area contributed by atoms with E-state index in [4.69, 9.17) is 11.2 Å². The van der Waals surface area contributed by atoms with Crippen molar-refractivity contribution in [3.05, 3.63) is 95.7 Å². The molecular formula is C26H16F3NO2. The predicted octanol–water partition coefficient (Wildman–Crippen LogP) is 6.16. The second-order valence-electron chi connectivity index (χ2n) is 6.96. The molecule has 1 heterocycles. The number of hydrogen-bond donors (Lipinski definition) is 0. The fourth-order valence-corrected chi connectivity index (χ4v) is 3.55. The van der Waals surface area contributed by atoms with Crippen molar-refractivity contribution in [1.29, 1.82) is 0 Å². The van der Waals surface area contributed by atoms with Crippen molar-refractivity contribution >= 4 is 16.7 Å². The van der Waals surface area contributed by atoms with Crippen molar-refractivity contribution in [2.75, 3.05) is 6.61 Å². The van der Waals surface area contributed by atoms with Crippen LogP contribution in [0.5, 0.6) is 5.75 Å². The van der Waals surface area contributed by atoms with E-state index in [0.717, 1.165) is 6.07 Å². The summed E-state index contributed by atoms with van der Waals surface area (Å²) in [5.74, 6) is 2.46. The van der Waals surface area contributed by atoms with Crippen LogP contribution in [-0.2, 0) is 6.18 Å². The monoisotopic (exact) mass is 431 g/mol. The summed E-state index contributed by atoms with van der Waals surface area (Å²) in [7, 11) is 0. The Balaban J connectivity index is 2.01. The number of rotatable bonds is 5. The van der Waals surface area contributed by atoms with Crippen molar-refractivity contribution in [1.82, 2.24) is 4.98 Å². The first-order chi connectivity index (χ1) is 15.4. The molecule has 0 bridgehead atoms. The van der Waals surface area contributed by atoms with Gasteiger partial charge in [-0.15, -0.1) is 6.42 Å². The lowest BCUT2D eigenvalue weighted by molar-refractivity contribution is -0.136. The number of benzene rings is 3. The molecule has 0 radical (unpaired) electrons. The van der Waals surface area contributed by atoms with Crippen molar-refractivity contribution in [3.63, 3.8) is 0 Å². The van der Waals surface area contributed by atoms with Gasteiger partial charge in [-0.3, -0.25) is 9.78 Å². The quantitative estimate of drug-likeness (QED) is 0.281. The maximum atomic E-state index is 13.6. The first-order valence-electron chi connectivity index (χ1n) is 9.65. The highest BCUT2D eigenvalue weighted by atomic mass is 19.4. The number of alkyl halides is 3. The average molecular weight is 431 g/mol. The van der Waals surface area contributed by atoms with Gasteiger partial charge in [-0.1, -0.05) is 60.5 Å². The average Bonchev–Trinajstić information content (AvgIpc) is 2.81. The third kappa shape index (κ3) is 4.06. The second-order valence-corrected chi connectivity index (χ2v) is 6.96. The molecule has 0 unspecified atom stereocenters. The highest BCUT2D eigenvalue weighted by molar-refractivity contribution is 6.16. The Morgan fingerprint density at radius 3 is 2.47 bits per heavy atom. The van der Waals surface area contributed by atoms with E-state index in [1.54, 1.807) is 54.6 Å². The van der Waals surface area contributed by atoms with Gasteiger partial charge < -0.3 is 4.74 Å². The summed E-state index contributed by atoms with van der Waals surface area (Å²) in [5.41, 5.74) is 0.370. The molecule has 0 aliphatic rings. The van der Waals surface area contributed by atoms with E-state index in [9.17, 15) is 18.0 Å². The summed E-state index contributed by atoms with van der Waals surface area (Å²) in [5, 5.41) is 0.218. The van der Waals surface area contributed by atoms with Crippen LogP contribution in [-0.4, -0.2) is 17.4 Å². The highest BCUT2D eigenvalue weighted by Crippen LogP contribution is 2.39. The Labute approximate surface area is 182 Å². The molecule has 0 aliphatic heterocycles. The lowest BCUT2D eigenvalue weighted by Gasteiger charge is -2.16. The van der Waals surface area contributed by atoms with Crippen LogP contribution in [0.15, 0.2) is 79.0 Å². The topological polar surface area (TPSA) is 39.2 Å². The number of para-hydroxylation sites is 1. The number of aromatic nitrogens is 1. The van der Waals surface area contributed by atoms with Crippen LogP contribution < -0.4 is 4.74 Å². The van der Waals surface area contributed by atoms with Gasteiger partial charge in [0.15, 0.2) is 5.78 Å². The molecule has 6 heteroatoms. The summed E-state index contributed by atoms with van der Waals surface area (Å²) in [6.07, 6.45) is 1.87. The smallest absolute Gasteiger partial charge is 0.418 e. The van der Waals surface area contributed by atoms with E-state index >= 15 is 0 Å². The zero-order valence-electron chi connectivity index (χ0n) is 16.7. The molecule has 4 aromatic rings. The summed E-state index contributed by atoms with van der Waals surface area (Å²) < 4.78 is 46.4. The number of hydrogen-bond acceptors (Lipinski definition) is 3. The molecule has 0 saturated carbocycles. The Hall–Kier alpha value is -4.11. The minimum Gasteiger partial charge on any atom is -0.481 e. The van der Waals surface area contributed by atoms with Gasteiger partial charge >= 0.3 is 6.18 Å². The van der Waals surface area contributed by atoms with Gasteiger partial charge in [-0.05, 0) is 23.8 Å². The van der Waals surface area contributed by atoms with E-state index in [1.807, 2.05) is 0 Å². The van der Waals surface area contributed by atoms with Crippen LogP contribution in [0, 0.1) is 12.3 Å². The van der Waals surface area contributed by atoms with Gasteiger partial charge in [0, 0.05) is 28.3 Å². The van der Waals surface area contributed by atoms with Crippen LogP contribution in [0.2, 0.25) is 0 Å². The molecule has 1 aromatic heterocycles. The summed E-state index contributed by atoms with van der Waals surface area (Å²) in [6, 6.07) is 19.1. The molecule has 0 aliphatic carbocycles. The van der Waals surface area contributed by atoms with Crippen molar-refractivity contribution in [3.8, 4) is 29.2 Å². The summed E-state index contributed by atoms with van der Waals surface area (Å²) >= 11 is 0. The Bertz CT molecular complexity index is 1340. The lowest BCUT2D eigenvalue weighted by atomic mass is 9.91. The number of terminal acetylenes is 1. The first kappa shape index (κ1) is 21.1.